The van der Waals surface area contributed by atoms with Gasteiger partial charge in [0.25, 0.3) is 0 Å². The summed E-state index contributed by atoms with van der Waals surface area (Å²) in [7, 11) is 7.86. The van der Waals surface area contributed by atoms with Gasteiger partial charge in [0.2, 0.25) is 5.75 Å². The van der Waals surface area contributed by atoms with E-state index in [-0.39, 0.29) is 0 Å². The van der Waals surface area contributed by atoms with Crippen molar-refractivity contribution in [2.45, 2.75) is 31.3 Å². The van der Waals surface area contributed by atoms with E-state index < -0.39 is 18.1 Å². The van der Waals surface area contributed by atoms with Gasteiger partial charge >= 0.3 is 5.97 Å². The normalized spacial score (nSPS) is 17.3. The van der Waals surface area contributed by atoms with Crippen LogP contribution in [0.1, 0.15) is 36.4 Å². The number of carbonyl (C=O) groups is 1. The largest absolute Gasteiger partial charge is 0.497 e. The van der Waals surface area contributed by atoms with Crippen LogP contribution in [0.3, 0.4) is 0 Å². The van der Waals surface area contributed by atoms with E-state index >= 15 is 0 Å². The van der Waals surface area contributed by atoms with Crippen LogP contribution in [0.15, 0.2) is 30.3 Å². The average molecular weight is 446 g/mol. The first-order chi connectivity index (χ1) is 15.5. The monoisotopic (exact) mass is 445 g/mol. The lowest BCUT2D eigenvalue weighted by Gasteiger charge is -2.40. The summed E-state index contributed by atoms with van der Waals surface area (Å²) >= 11 is 0. The third-order valence-electron chi connectivity index (χ3n) is 5.93. The maximum Gasteiger partial charge on any atom is 0.320 e. The first-order valence-corrected chi connectivity index (χ1v) is 10.5. The number of methoxy groups -OCH3 is 5. The summed E-state index contributed by atoms with van der Waals surface area (Å²) in [4.78, 5) is 14.2. The fraction of sp³-hybridized carbons (Fsp3) is 0.458. The van der Waals surface area contributed by atoms with Crippen molar-refractivity contribution in [3.05, 3.63) is 41.5 Å². The van der Waals surface area contributed by atoms with Gasteiger partial charge in [0.15, 0.2) is 11.5 Å². The molecule has 1 heterocycles. The minimum atomic E-state index is -0.846. The summed E-state index contributed by atoms with van der Waals surface area (Å²) in [6.45, 7) is 0.619. The van der Waals surface area contributed by atoms with E-state index in [9.17, 15) is 9.90 Å². The van der Waals surface area contributed by atoms with Gasteiger partial charge in [-0.25, -0.2) is 0 Å². The lowest BCUT2D eigenvalue weighted by molar-refractivity contribution is -0.145. The number of carboxylic acids is 1. The molecule has 8 nitrogen and oxygen atoms in total. The van der Waals surface area contributed by atoms with Crippen molar-refractivity contribution in [2.75, 3.05) is 42.1 Å². The van der Waals surface area contributed by atoms with E-state index in [1.54, 1.807) is 47.7 Å². The zero-order chi connectivity index (χ0) is 23.3. The lowest BCUT2D eigenvalue weighted by Crippen LogP contribution is -2.47. The van der Waals surface area contributed by atoms with E-state index in [1.165, 1.54) is 0 Å². The van der Waals surface area contributed by atoms with Crippen LogP contribution in [0.2, 0.25) is 0 Å². The molecule has 1 aliphatic rings. The zero-order valence-corrected chi connectivity index (χ0v) is 19.2. The SMILES string of the molecule is COc1ccc(C(c2ccc(OC)c(OC)c2OC)N2CCCCC2C(=O)O)c(OC)c1. The fourth-order valence-electron chi connectivity index (χ4n) is 4.44. The van der Waals surface area contributed by atoms with E-state index in [0.717, 1.165) is 24.0 Å². The standard InChI is InChI=1S/C24H31NO7/c1-28-15-9-10-16(20(14-15)30-3)21(25-13-7-6-8-18(25)24(26)27)17-11-12-19(29-2)23(32-5)22(17)31-4/h9-12,14,18,21H,6-8,13H2,1-5H3,(H,26,27). The summed E-state index contributed by atoms with van der Waals surface area (Å²) in [6, 6.07) is 8.16. The molecule has 2 unspecified atom stereocenters. The van der Waals surface area contributed by atoms with Gasteiger partial charge in [-0.05, 0) is 43.7 Å². The first-order valence-electron chi connectivity index (χ1n) is 10.5. The van der Waals surface area contributed by atoms with Crippen LogP contribution < -0.4 is 23.7 Å². The Kier molecular flexibility index (Phi) is 7.69. The molecule has 0 saturated carbocycles. The number of ether oxygens (including phenoxy) is 5. The van der Waals surface area contributed by atoms with Crippen molar-refractivity contribution in [3.8, 4) is 28.7 Å². The molecule has 8 heteroatoms. The highest BCUT2D eigenvalue weighted by Crippen LogP contribution is 2.48. The van der Waals surface area contributed by atoms with Crippen molar-refractivity contribution < 1.29 is 33.6 Å². The minimum absolute atomic E-state index is 0.452. The number of likely N-dealkylation sites (tertiary alicyclic amines) is 1. The topological polar surface area (TPSA) is 86.7 Å². The molecule has 2 aromatic carbocycles. The minimum Gasteiger partial charge on any atom is -0.497 e. The molecule has 0 bridgehead atoms. The Bertz CT molecular complexity index is 946. The zero-order valence-electron chi connectivity index (χ0n) is 19.2. The maximum absolute atomic E-state index is 12.2. The number of hydrogen-bond donors (Lipinski definition) is 1. The lowest BCUT2D eigenvalue weighted by atomic mass is 9.90. The van der Waals surface area contributed by atoms with Crippen LogP contribution in [-0.4, -0.2) is 64.1 Å². The quantitative estimate of drug-likeness (QED) is 0.624. The fourth-order valence-corrected chi connectivity index (χ4v) is 4.44. The molecule has 32 heavy (non-hydrogen) atoms. The van der Waals surface area contributed by atoms with Crippen LogP contribution >= 0.6 is 0 Å². The summed E-state index contributed by atoms with van der Waals surface area (Å²) in [5.41, 5.74) is 1.58. The third-order valence-corrected chi connectivity index (χ3v) is 5.93. The molecular formula is C24H31NO7. The molecule has 174 valence electrons. The molecule has 2 aromatic rings. The van der Waals surface area contributed by atoms with E-state index in [1.807, 2.05) is 23.1 Å². The van der Waals surface area contributed by atoms with Crippen LogP contribution in [-0.2, 0) is 4.79 Å². The second-order valence-electron chi connectivity index (χ2n) is 7.52. The summed E-state index contributed by atoms with van der Waals surface area (Å²) in [5.74, 6) is 1.87. The van der Waals surface area contributed by atoms with Crippen LogP contribution in [0.4, 0.5) is 0 Å². The summed E-state index contributed by atoms with van der Waals surface area (Å²) < 4.78 is 27.9. The molecule has 0 amide bonds. The molecule has 0 spiro atoms. The van der Waals surface area contributed by atoms with E-state index in [4.69, 9.17) is 23.7 Å². The molecule has 1 fully saturated rings. The Hall–Kier alpha value is -3.13. The predicted octanol–water partition coefficient (Wildman–Crippen LogP) is 3.76. The second-order valence-corrected chi connectivity index (χ2v) is 7.52. The highest BCUT2D eigenvalue weighted by Gasteiger charge is 2.38. The van der Waals surface area contributed by atoms with Gasteiger partial charge < -0.3 is 28.8 Å². The summed E-state index contributed by atoms with van der Waals surface area (Å²) in [6.07, 6.45) is 2.33. The molecule has 0 aromatic heterocycles. The third kappa shape index (κ3) is 4.41. The number of piperidine rings is 1. The molecule has 2 atom stereocenters. The van der Waals surface area contributed by atoms with Crippen LogP contribution in [0, 0.1) is 0 Å². The second kappa shape index (κ2) is 10.5. The van der Waals surface area contributed by atoms with Gasteiger partial charge in [0, 0.05) is 17.2 Å². The van der Waals surface area contributed by atoms with Gasteiger partial charge in [0.05, 0.1) is 41.6 Å². The Labute approximate surface area is 188 Å². The molecule has 1 saturated heterocycles. The van der Waals surface area contributed by atoms with E-state index in [0.29, 0.717) is 41.7 Å². The highest BCUT2D eigenvalue weighted by atomic mass is 16.5. The Morgan fingerprint density at radius 1 is 0.875 bits per heavy atom. The number of aliphatic carboxylic acids is 1. The smallest absolute Gasteiger partial charge is 0.320 e. The molecular weight excluding hydrogens is 414 g/mol. The highest BCUT2D eigenvalue weighted by molar-refractivity contribution is 5.74. The number of benzene rings is 2. The van der Waals surface area contributed by atoms with Crippen molar-refractivity contribution >= 4 is 5.97 Å². The van der Waals surface area contributed by atoms with Gasteiger partial charge in [-0.1, -0.05) is 6.42 Å². The van der Waals surface area contributed by atoms with Crippen molar-refractivity contribution in [3.63, 3.8) is 0 Å². The number of hydrogen-bond acceptors (Lipinski definition) is 7. The molecule has 0 radical (unpaired) electrons. The molecule has 0 aliphatic carbocycles. The molecule has 1 aliphatic heterocycles. The number of nitrogens with zero attached hydrogens (tertiary/aromatic N) is 1. The maximum atomic E-state index is 12.2. The van der Waals surface area contributed by atoms with Crippen LogP contribution in [0.25, 0.3) is 0 Å². The van der Waals surface area contributed by atoms with Gasteiger partial charge in [-0.2, -0.15) is 0 Å². The van der Waals surface area contributed by atoms with Crippen molar-refractivity contribution in [2.24, 2.45) is 0 Å². The average Bonchev–Trinajstić information content (AvgIpc) is 2.83. The first kappa shape index (κ1) is 23.5. The van der Waals surface area contributed by atoms with Crippen molar-refractivity contribution in [1.29, 1.82) is 0 Å². The Balaban J connectivity index is 2.28. The number of rotatable bonds is 9. The summed E-state index contributed by atoms with van der Waals surface area (Å²) in [5, 5.41) is 10.0. The molecule has 1 N–H and O–H groups in total. The van der Waals surface area contributed by atoms with Gasteiger partial charge in [-0.15, -0.1) is 0 Å². The van der Waals surface area contributed by atoms with E-state index in [2.05, 4.69) is 0 Å². The van der Waals surface area contributed by atoms with Gasteiger partial charge in [0.1, 0.15) is 17.5 Å². The predicted molar refractivity (Wildman–Crippen MR) is 119 cm³/mol. The molecule has 3 rings (SSSR count). The Morgan fingerprint density at radius 2 is 1.56 bits per heavy atom. The van der Waals surface area contributed by atoms with Crippen molar-refractivity contribution in [1.82, 2.24) is 4.90 Å². The number of carboxylic acid groups (broad SMARTS) is 1. The van der Waals surface area contributed by atoms with Crippen LogP contribution in [0.5, 0.6) is 28.7 Å². The Morgan fingerprint density at radius 3 is 2.16 bits per heavy atom. The van der Waals surface area contributed by atoms with Gasteiger partial charge in [-0.3, -0.25) is 9.69 Å².